The van der Waals surface area contributed by atoms with Gasteiger partial charge in [0.1, 0.15) is 0 Å². The molecule has 0 radical (unpaired) electrons. The molecule has 0 unspecified atom stereocenters. The summed E-state index contributed by atoms with van der Waals surface area (Å²) in [5.41, 5.74) is 2.63. The number of tetrazole rings is 1. The molecule has 0 bridgehead atoms. The molecule has 0 spiro atoms. The molecule has 110 valence electrons. The van der Waals surface area contributed by atoms with Crippen molar-refractivity contribution in [3.8, 4) is 0 Å². The summed E-state index contributed by atoms with van der Waals surface area (Å²) in [5, 5.41) is 15.7. The van der Waals surface area contributed by atoms with E-state index in [1.54, 1.807) is 16.4 Å². The van der Waals surface area contributed by atoms with Gasteiger partial charge in [-0.15, -0.1) is 5.10 Å². The highest BCUT2D eigenvalue weighted by Gasteiger charge is 2.01. The topological polar surface area (TPSA) is 55.6 Å². The Labute approximate surface area is 129 Å². The average molecular weight is 313 g/mol. The number of hydrogen-bond acceptors (Lipinski definition) is 5. The fourth-order valence-corrected chi connectivity index (χ4v) is 2.43. The summed E-state index contributed by atoms with van der Waals surface area (Å²) in [4.78, 5) is 0. The zero-order chi connectivity index (χ0) is 13.5. The summed E-state index contributed by atoms with van der Waals surface area (Å²) in [6, 6.07) is 8.63. The molecule has 1 heterocycles. The number of nitrogens with zero attached hydrogens (tertiary/aromatic N) is 4. The van der Waals surface area contributed by atoms with Crippen LogP contribution in [0.3, 0.4) is 0 Å². The Balaban J connectivity index is 0.00000200. The molecular formula is C13H19ClN5S-. The van der Waals surface area contributed by atoms with Crippen LogP contribution in [0.25, 0.3) is 0 Å². The van der Waals surface area contributed by atoms with Crippen molar-refractivity contribution >= 4 is 11.8 Å². The molecule has 2 aromatic rings. The first-order valence-electron chi connectivity index (χ1n) is 6.37. The van der Waals surface area contributed by atoms with Crippen LogP contribution in [0.1, 0.15) is 17.5 Å². The van der Waals surface area contributed by atoms with Crippen LogP contribution in [-0.4, -0.2) is 32.5 Å². The Hall–Kier alpha value is -1.11. The van der Waals surface area contributed by atoms with E-state index in [0.29, 0.717) is 0 Å². The highest BCUT2D eigenvalue weighted by Crippen LogP contribution is 2.12. The Bertz CT molecular complexity index is 500. The summed E-state index contributed by atoms with van der Waals surface area (Å²) < 4.78 is 1.70. The Morgan fingerprint density at radius 1 is 1.25 bits per heavy atom. The predicted octanol–water partition coefficient (Wildman–Crippen LogP) is -1.21. The lowest BCUT2D eigenvalue weighted by Gasteiger charge is -2.05. The number of thioether (sulfide) groups is 1. The Kier molecular flexibility index (Phi) is 7.58. The van der Waals surface area contributed by atoms with E-state index in [9.17, 15) is 0 Å². The molecule has 0 fully saturated rings. The molecule has 0 saturated carbocycles. The van der Waals surface area contributed by atoms with Crippen LogP contribution >= 0.6 is 11.8 Å². The third-order valence-corrected chi connectivity index (χ3v) is 3.86. The van der Waals surface area contributed by atoms with Crippen molar-refractivity contribution in [3.63, 3.8) is 0 Å². The van der Waals surface area contributed by atoms with Gasteiger partial charge in [0.05, 0.1) is 0 Å². The van der Waals surface area contributed by atoms with Gasteiger partial charge in [0.2, 0.25) is 5.16 Å². The van der Waals surface area contributed by atoms with Crippen molar-refractivity contribution in [2.45, 2.75) is 25.0 Å². The number of halogens is 1. The molecule has 0 amide bonds. The molecule has 20 heavy (non-hydrogen) atoms. The maximum absolute atomic E-state index is 3.93. The van der Waals surface area contributed by atoms with Crippen LogP contribution in [-0.2, 0) is 13.6 Å². The monoisotopic (exact) mass is 312 g/mol. The molecule has 0 aliphatic rings. The first kappa shape index (κ1) is 16.9. The van der Waals surface area contributed by atoms with E-state index < -0.39 is 0 Å². The standard InChI is InChI=1S/C13H19N5S.ClH/c1-11-4-6-12(7-5-11)10-14-8-3-9-19-13-15-16-17-18(13)2;/h4-7,14H,3,8-10H2,1-2H3;1H/p-1. The van der Waals surface area contributed by atoms with Gasteiger partial charge in [-0.3, -0.25) is 0 Å². The van der Waals surface area contributed by atoms with Gasteiger partial charge in [-0.1, -0.05) is 41.6 Å². The highest BCUT2D eigenvalue weighted by atomic mass is 35.5. The van der Waals surface area contributed by atoms with Gasteiger partial charge in [0.15, 0.2) is 0 Å². The Morgan fingerprint density at radius 2 is 2.00 bits per heavy atom. The third kappa shape index (κ3) is 5.48. The van der Waals surface area contributed by atoms with Crippen LogP contribution < -0.4 is 17.7 Å². The van der Waals surface area contributed by atoms with Crippen molar-refractivity contribution in [2.24, 2.45) is 7.05 Å². The van der Waals surface area contributed by atoms with Crippen LogP contribution in [0.2, 0.25) is 0 Å². The molecule has 2 rings (SSSR count). The lowest BCUT2D eigenvalue weighted by Crippen LogP contribution is -3.00. The normalized spacial score (nSPS) is 10.3. The minimum absolute atomic E-state index is 0. The number of hydrogen-bond donors (Lipinski definition) is 1. The van der Waals surface area contributed by atoms with Gasteiger partial charge in [-0.2, -0.15) is 0 Å². The summed E-state index contributed by atoms with van der Waals surface area (Å²) in [6.45, 7) is 4.04. The minimum Gasteiger partial charge on any atom is -1.00 e. The SMILES string of the molecule is Cc1ccc(CNCCCSc2nnnn2C)cc1.[Cl-]. The zero-order valence-corrected chi connectivity index (χ0v) is 13.3. The van der Waals surface area contributed by atoms with E-state index in [2.05, 4.69) is 52.0 Å². The summed E-state index contributed by atoms with van der Waals surface area (Å²) in [7, 11) is 1.86. The van der Waals surface area contributed by atoms with E-state index in [1.807, 2.05) is 7.05 Å². The molecule has 0 aliphatic heterocycles. The second-order valence-electron chi connectivity index (χ2n) is 4.45. The van der Waals surface area contributed by atoms with E-state index >= 15 is 0 Å². The summed E-state index contributed by atoms with van der Waals surface area (Å²) in [6.07, 6.45) is 1.10. The maximum atomic E-state index is 3.93. The number of aryl methyl sites for hydroxylation is 2. The molecule has 1 aromatic heterocycles. The largest absolute Gasteiger partial charge is 1.00 e. The van der Waals surface area contributed by atoms with Gasteiger partial charge < -0.3 is 17.7 Å². The van der Waals surface area contributed by atoms with E-state index in [4.69, 9.17) is 0 Å². The molecular weight excluding hydrogens is 294 g/mol. The number of benzene rings is 1. The van der Waals surface area contributed by atoms with Crippen LogP contribution in [0.4, 0.5) is 0 Å². The average Bonchev–Trinajstić information content (AvgIpc) is 2.81. The molecule has 0 saturated heterocycles. The second-order valence-corrected chi connectivity index (χ2v) is 5.51. The quantitative estimate of drug-likeness (QED) is 0.514. The van der Waals surface area contributed by atoms with Crippen LogP contribution in [0, 0.1) is 6.92 Å². The van der Waals surface area contributed by atoms with Crippen LogP contribution in [0.5, 0.6) is 0 Å². The van der Waals surface area contributed by atoms with E-state index in [1.165, 1.54) is 11.1 Å². The third-order valence-electron chi connectivity index (χ3n) is 2.76. The molecule has 1 N–H and O–H groups in total. The van der Waals surface area contributed by atoms with Gasteiger partial charge in [0, 0.05) is 19.3 Å². The number of aromatic nitrogens is 4. The highest BCUT2D eigenvalue weighted by molar-refractivity contribution is 7.99. The molecule has 5 nitrogen and oxygen atoms in total. The number of nitrogens with one attached hydrogen (secondary N) is 1. The van der Waals surface area contributed by atoms with Gasteiger partial charge in [-0.05, 0) is 35.9 Å². The second kappa shape index (κ2) is 8.94. The van der Waals surface area contributed by atoms with Crippen molar-refractivity contribution < 1.29 is 12.4 Å². The fraction of sp³-hybridized carbons (Fsp3) is 0.462. The van der Waals surface area contributed by atoms with E-state index in [-0.39, 0.29) is 12.4 Å². The van der Waals surface area contributed by atoms with Gasteiger partial charge in [-0.25, -0.2) is 4.68 Å². The van der Waals surface area contributed by atoms with Crippen molar-refractivity contribution in [3.05, 3.63) is 35.4 Å². The van der Waals surface area contributed by atoms with E-state index in [0.717, 1.165) is 30.4 Å². The molecule has 1 aromatic carbocycles. The van der Waals surface area contributed by atoms with Gasteiger partial charge >= 0.3 is 0 Å². The summed E-state index contributed by atoms with van der Waals surface area (Å²) in [5.74, 6) is 1.02. The smallest absolute Gasteiger partial charge is 0.209 e. The maximum Gasteiger partial charge on any atom is 0.209 e. The number of rotatable bonds is 7. The van der Waals surface area contributed by atoms with Crippen molar-refractivity contribution in [1.82, 2.24) is 25.5 Å². The van der Waals surface area contributed by atoms with Crippen molar-refractivity contribution in [2.75, 3.05) is 12.3 Å². The van der Waals surface area contributed by atoms with Crippen molar-refractivity contribution in [1.29, 1.82) is 0 Å². The molecule has 0 atom stereocenters. The van der Waals surface area contributed by atoms with Crippen LogP contribution in [0.15, 0.2) is 29.4 Å². The first-order chi connectivity index (χ1) is 9.25. The Morgan fingerprint density at radius 3 is 2.65 bits per heavy atom. The zero-order valence-electron chi connectivity index (χ0n) is 11.7. The predicted molar refractivity (Wildman–Crippen MR) is 77.0 cm³/mol. The first-order valence-corrected chi connectivity index (χ1v) is 7.35. The van der Waals surface area contributed by atoms with Gasteiger partial charge in [0.25, 0.3) is 0 Å². The molecule has 0 aliphatic carbocycles. The summed E-state index contributed by atoms with van der Waals surface area (Å²) >= 11 is 1.69. The fourth-order valence-electron chi connectivity index (χ4n) is 1.64. The molecule has 7 heteroatoms. The minimum atomic E-state index is 0. The lowest BCUT2D eigenvalue weighted by atomic mass is 10.1. The lowest BCUT2D eigenvalue weighted by molar-refractivity contribution is -0.00000422.